The Morgan fingerprint density at radius 1 is 1.04 bits per heavy atom. The van der Waals surface area contributed by atoms with Crippen LogP contribution in [0.1, 0.15) is 27.2 Å². The van der Waals surface area contributed by atoms with Gasteiger partial charge in [0.2, 0.25) is 0 Å². The molecule has 2 aromatic carbocycles. The summed E-state index contributed by atoms with van der Waals surface area (Å²) in [4.78, 5) is 12.0. The molecule has 1 aromatic heterocycles. The molecule has 0 aliphatic rings. The second-order valence-corrected chi connectivity index (χ2v) is 5.90. The second kappa shape index (κ2) is 6.29. The maximum Gasteiger partial charge on any atom is 0.285 e. The SMILES string of the molecule is Cc1ccc(C)c(-c2cc(C(=O)NN)nn2-c2ccccc2C)c1. The first kappa shape index (κ1) is 16.0. The number of hydrogen-bond donors (Lipinski definition) is 2. The van der Waals surface area contributed by atoms with Crippen LogP contribution in [0.4, 0.5) is 0 Å². The number of nitrogens with zero attached hydrogens (tertiary/aromatic N) is 2. The minimum Gasteiger partial charge on any atom is -0.289 e. The number of hydrogen-bond acceptors (Lipinski definition) is 3. The van der Waals surface area contributed by atoms with Crippen LogP contribution in [0.25, 0.3) is 16.9 Å². The van der Waals surface area contributed by atoms with E-state index in [0.29, 0.717) is 0 Å². The maximum atomic E-state index is 12.0. The Morgan fingerprint density at radius 3 is 2.50 bits per heavy atom. The second-order valence-electron chi connectivity index (χ2n) is 5.90. The zero-order valence-corrected chi connectivity index (χ0v) is 14.0. The van der Waals surface area contributed by atoms with E-state index >= 15 is 0 Å². The molecule has 3 N–H and O–H groups in total. The van der Waals surface area contributed by atoms with Crippen LogP contribution in [0.3, 0.4) is 0 Å². The average molecular weight is 320 g/mol. The summed E-state index contributed by atoms with van der Waals surface area (Å²) < 4.78 is 1.81. The van der Waals surface area contributed by atoms with Crippen molar-refractivity contribution in [2.24, 2.45) is 5.84 Å². The molecule has 0 saturated heterocycles. The Kier molecular flexibility index (Phi) is 4.18. The summed E-state index contributed by atoms with van der Waals surface area (Å²) in [6.45, 7) is 6.12. The number of para-hydroxylation sites is 1. The van der Waals surface area contributed by atoms with E-state index in [4.69, 9.17) is 5.84 Å². The normalized spacial score (nSPS) is 10.7. The molecule has 0 aliphatic carbocycles. The van der Waals surface area contributed by atoms with Gasteiger partial charge in [0, 0.05) is 5.56 Å². The van der Waals surface area contributed by atoms with Crippen LogP contribution in [0, 0.1) is 20.8 Å². The molecular formula is C19H20N4O. The highest BCUT2D eigenvalue weighted by Crippen LogP contribution is 2.29. The summed E-state index contributed by atoms with van der Waals surface area (Å²) in [7, 11) is 0. The molecule has 1 heterocycles. The largest absolute Gasteiger partial charge is 0.289 e. The lowest BCUT2D eigenvalue weighted by molar-refractivity contribution is 0.0948. The Bertz CT molecular complexity index is 911. The van der Waals surface area contributed by atoms with Gasteiger partial charge in [0.1, 0.15) is 0 Å². The molecule has 0 bridgehead atoms. The number of aryl methyl sites for hydroxylation is 3. The van der Waals surface area contributed by atoms with Crippen LogP contribution >= 0.6 is 0 Å². The van der Waals surface area contributed by atoms with Crippen LogP contribution < -0.4 is 11.3 Å². The van der Waals surface area contributed by atoms with Gasteiger partial charge in [-0.1, -0.05) is 35.9 Å². The standard InChI is InChI=1S/C19H20N4O/c1-12-8-9-13(2)15(10-12)18-11-16(19(24)21-20)22-23(18)17-7-5-4-6-14(17)3/h4-11H,20H2,1-3H3,(H,21,24). The van der Waals surface area contributed by atoms with E-state index in [9.17, 15) is 4.79 Å². The molecule has 24 heavy (non-hydrogen) atoms. The molecule has 3 rings (SSSR count). The first-order valence-corrected chi connectivity index (χ1v) is 7.76. The fourth-order valence-corrected chi connectivity index (χ4v) is 2.75. The van der Waals surface area contributed by atoms with Crippen LogP contribution in [0.15, 0.2) is 48.5 Å². The number of nitrogens with two attached hydrogens (primary N) is 1. The fraction of sp³-hybridized carbons (Fsp3) is 0.158. The molecule has 122 valence electrons. The van der Waals surface area contributed by atoms with Gasteiger partial charge in [-0.05, 0) is 50.1 Å². The number of carbonyl (C=O) groups is 1. The number of rotatable bonds is 3. The van der Waals surface area contributed by atoms with Crippen molar-refractivity contribution in [1.29, 1.82) is 0 Å². The number of aromatic nitrogens is 2. The van der Waals surface area contributed by atoms with Crippen molar-refractivity contribution in [1.82, 2.24) is 15.2 Å². The fourth-order valence-electron chi connectivity index (χ4n) is 2.75. The summed E-state index contributed by atoms with van der Waals surface area (Å²) in [5.41, 5.74) is 8.63. The van der Waals surface area contributed by atoms with Gasteiger partial charge in [0.05, 0.1) is 11.4 Å². The van der Waals surface area contributed by atoms with Crippen molar-refractivity contribution in [3.05, 3.63) is 70.9 Å². The molecule has 5 heteroatoms. The highest BCUT2D eigenvalue weighted by Gasteiger charge is 2.18. The molecule has 0 radical (unpaired) electrons. The molecular weight excluding hydrogens is 300 g/mol. The molecule has 3 aromatic rings. The van der Waals surface area contributed by atoms with E-state index in [0.717, 1.165) is 33.6 Å². The summed E-state index contributed by atoms with van der Waals surface area (Å²) >= 11 is 0. The van der Waals surface area contributed by atoms with Gasteiger partial charge in [-0.25, -0.2) is 10.5 Å². The van der Waals surface area contributed by atoms with Gasteiger partial charge < -0.3 is 0 Å². The Labute approximate surface area is 141 Å². The van der Waals surface area contributed by atoms with Gasteiger partial charge in [-0.15, -0.1) is 0 Å². The topological polar surface area (TPSA) is 72.9 Å². The predicted molar refractivity (Wildman–Crippen MR) is 94.9 cm³/mol. The summed E-state index contributed by atoms with van der Waals surface area (Å²) in [6.07, 6.45) is 0. The van der Waals surface area contributed by atoms with Gasteiger partial charge in [-0.2, -0.15) is 5.10 Å². The minimum absolute atomic E-state index is 0.289. The molecule has 0 fully saturated rings. The van der Waals surface area contributed by atoms with Crippen LogP contribution in [-0.4, -0.2) is 15.7 Å². The van der Waals surface area contributed by atoms with Gasteiger partial charge in [0.25, 0.3) is 5.91 Å². The van der Waals surface area contributed by atoms with Gasteiger partial charge in [0.15, 0.2) is 5.69 Å². The van der Waals surface area contributed by atoms with E-state index < -0.39 is 5.91 Å². The number of benzene rings is 2. The summed E-state index contributed by atoms with van der Waals surface area (Å²) in [5, 5.41) is 4.48. The smallest absolute Gasteiger partial charge is 0.285 e. The lowest BCUT2D eigenvalue weighted by Gasteiger charge is -2.12. The summed E-state index contributed by atoms with van der Waals surface area (Å²) in [5.74, 6) is 4.87. The number of carbonyl (C=O) groups excluding carboxylic acids is 1. The molecule has 0 atom stereocenters. The number of nitrogen functional groups attached to an aromatic ring is 1. The van der Waals surface area contributed by atoms with Gasteiger partial charge >= 0.3 is 0 Å². The van der Waals surface area contributed by atoms with Crippen molar-refractivity contribution < 1.29 is 4.79 Å². The van der Waals surface area contributed by atoms with Crippen molar-refractivity contribution in [2.45, 2.75) is 20.8 Å². The van der Waals surface area contributed by atoms with Crippen LogP contribution in [-0.2, 0) is 0 Å². The molecule has 0 spiro atoms. The zero-order chi connectivity index (χ0) is 17.3. The van der Waals surface area contributed by atoms with Crippen LogP contribution in [0.2, 0.25) is 0 Å². The first-order chi connectivity index (χ1) is 11.5. The Morgan fingerprint density at radius 2 is 1.79 bits per heavy atom. The van der Waals surface area contributed by atoms with Crippen LogP contribution in [0.5, 0.6) is 0 Å². The zero-order valence-electron chi connectivity index (χ0n) is 14.0. The number of nitrogens with one attached hydrogen (secondary N) is 1. The van der Waals surface area contributed by atoms with E-state index in [1.807, 2.05) is 49.7 Å². The minimum atomic E-state index is -0.408. The number of amides is 1. The van der Waals surface area contributed by atoms with Gasteiger partial charge in [-0.3, -0.25) is 10.2 Å². The van der Waals surface area contributed by atoms with E-state index in [1.54, 1.807) is 6.07 Å². The monoisotopic (exact) mass is 320 g/mol. The van der Waals surface area contributed by atoms with Crippen molar-refractivity contribution in [2.75, 3.05) is 0 Å². The molecule has 0 aliphatic heterocycles. The first-order valence-electron chi connectivity index (χ1n) is 7.76. The van der Waals surface area contributed by atoms with E-state index in [2.05, 4.69) is 28.7 Å². The number of hydrazine groups is 1. The summed E-state index contributed by atoms with van der Waals surface area (Å²) in [6, 6.07) is 16.0. The van der Waals surface area contributed by atoms with E-state index in [1.165, 1.54) is 0 Å². The lowest BCUT2D eigenvalue weighted by atomic mass is 10.0. The van der Waals surface area contributed by atoms with Crippen molar-refractivity contribution in [3.8, 4) is 16.9 Å². The third kappa shape index (κ3) is 2.81. The average Bonchev–Trinajstić information content (AvgIpc) is 3.01. The molecule has 5 nitrogen and oxygen atoms in total. The quantitative estimate of drug-likeness (QED) is 0.442. The third-order valence-electron chi connectivity index (χ3n) is 4.09. The highest BCUT2D eigenvalue weighted by molar-refractivity contribution is 5.93. The van der Waals surface area contributed by atoms with Crippen molar-refractivity contribution in [3.63, 3.8) is 0 Å². The highest BCUT2D eigenvalue weighted by atomic mass is 16.2. The Balaban J connectivity index is 2.28. The van der Waals surface area contributed by atoms with Crippen molar-refractivity contribution >= 4 is 5.91 Å². The predicted octanol–water partition coefficient (Wildman–Crippen LogP) is 3.07. The maximum absolute atomic E-state index is 12.0. The third-order valence-corrected chi connectivity index (χ3v) is 4.09. The molecule has 1 amide bonds. The Hall–Kier alpha value is -2.92. The van der Waals surface area contributed by atoms with E-state index in [-0.39, 0.29) is 5.69 Å². The molecule has 0 unspecified atom stereocenters. The molecule has 0 saturated carbocycles. The lowest BCUT2D eigenvalue weighted by Crippen LogP contribution is -2.30.